The van der Waals surface area contributed by atoms with Crippen LogP contribution >= 0.6 is 0 Å². The first kappa shape index (κ1) is 20.0. The van der Waals surface area contributed by atoms with E-state index in [2.05, 4.69) is 15.3 Å². The van der Waals surface area contributed by atoms with Gasteiger partial charge in [0.1, 0.15) is 11.8 Å². The standard InChI is InChI=1S/C18H17F3N4O2/c1-11(2)14-16(25-15(18(19,20)21)17(24-14)26-3)27-13(9-22)10-23-12-7-5-4-6-8-12/h4-8,10-11,23H,1-3H3/b13-10+. The van der Waals surface area contributed by atoms with Gasteiger partial charge in [0.05, 0.1) is 13.3 Å². The zero-order valence-electron chi connectivity index (χ0n) is 14.8. The normalized spacial score (nSPS) is 11.9. The third-order valence-corrected chi connectivity index (χ3v) is 3.33. The third kappa shape index (κ3) is 5.10. The Bertz CT molecular complexity index is 859. The Morgan fingerprint density at radius 2 is 1.85 bits per heavy atom. The van der Waals surface area contributed by atoms with Crippen molar-refractivity contribution in [1.29, 1.82) is 5.26 Å². The molecule has 0 saturated heterocycles. The molecule has 1 aromatic heterocycles. The summed E-state index contributed by atoms with van der Waals surface area (Å²) in [6.07, 6.45) is -3.55. The molecule has 0 aliphatic carbocycles. The maximum absolute atomic E-state index is 13.2. The summed E-state index contributed by atoms with van der Waals surface area (Å²) >= 11 is 0. The second-order valence-electron chi connectivity index (χ2n) is 5.66. The summed E-state index contributed by atoms with van der Waals surface area (Å²) in [4.78, 5) is 7.40. The molecule has 142 valence electrons. The van der Waals surface area contributed by atoms with E-state index in [1.165, 1.54) is 6.20 Å². The van der Waals surface area contributed by atoms with Crippen LogP contribution in [0.3, 0.4) is 0 Å². The third-order valence-electron chi connectivity index (χ3n) is 3.33. The number of ether oxygens (including phenoxy) is 2. The molecule has 27 heavy (non-hydrogen) atoms. The van der Waals surface area contributed by atoms with Crippen molar-refractivity contribution in [3.63, 3.8) is 0 Å². The molecule has 0 atom stereocenters. The molecule has 0 amide bonds. The Balaban J connectivity index is 2.41. The van der Waals surface area contributed by atoms with Crippen LogP contribution in [0.4, 0.5) is 18.9 Å². The smallest absolute Gasteiger partial charge is 0.438 e. The predicted octanol–water partition coefficient (Wildman–Crippen LogP) is 4.48. The maximum Gasteiger partial charge on any atom is 0.438 e. The fourth-order valence-corrected chi connectivity index (χ4v) is 2.07. The van der Waals surface area contributed by atoms with E-state index in [1.807, 2.05) is 6.07 Å². The van der Waals surface area contributed by atoms with Crippen LogP contribution in [0.15, 0.2) is 42.3 Å². The van der Waals surface area contributed by atoms with E-state index in [-0.39, 0.29) is 17.4 Å². The van der Waals surface area contributed by atoms with Crippen molar-refractivity contribution < 1.29 is 22.6 Å². The fourth-order valence-electron chi connectivity index (χ4n) is 2.07. The van der Waals surface area contributed by atoms with Crippen LogP contribution in [0.25, 0.3) is 0 Å². The Morgan fingerprint density at radius 3 is 2.37 bits per heavy atom. The molecule has 0 spiro atoms. The Morgan fingerprint density at radius 1 is 1.19 bits per heavy atom. The number of methoxy groups -OCH3 is 1. The summed E-state index contributed by atoms with van der Waals surface area (Å²) in [7, 11) is 1.08. The van der Waals surface area contributed by atoms with Crippen molar-refractivity contribution >= 4 is 5.69 Å². The highest BCUT2D eigenvalue weighted by atomic mass is 19.4. The molecule has 0 radical (unpaired) electrons. The monoisotopic (exact) mass is 378 g/mol. The van der Waals surface area contributed by atoms with Gasteiger partial charge in [0.2, 0.25) is 23.2 Å². The van der Waals surface area contributed by atoms with Crippen LogP contribution in [-0.4, -0.2) is 17.1 Å². The second kappa shape index (κ2) is 8.40. The van der Waals surface area contributed by atoms with Gasteiger partial charge in [-0.25, -0.2) is 9.97 Å². The molecule has 0 aliphatic heterocycles. The van der Waals surface area contributed by atoms with Gasteiger partial charge in [-0.15, -0.1) is 0 Å². The molecule has 0 fully saturated rings. The van der Waals surface area contributed by atoms with E-state index in [9.17, 15) is 18.4 Å². The lowest BCUT2D eigenvalue weighted by Crippen LogP contribution is -2.15. The molecule has 0 unspecified atom stereocenters. The summed E-state index contributed by atoms with van der Waals surface area (Å²) < 4.78 is 49.7. The van der Waals surface area contributed by atoms with Gasteiger partial charge in [-0.1, -0.05) is 32.0 Å². The number of nitrogens with one attached hydrogen (secondary N) is 1. The number of alkyl halides is 3. The van der Waals surface area contributed by atoms with Crippen LogP contribution in [-0.2, 0) is 6.18 Å². The molecule has 6 nitrogen and oxygen atoms in total. The zero-order chi connectivity index (χ0) is 20.0. The van der Waals surface area contributed by atoms with E-state index in [4.69, 9.17) is 9.47 Å². The Kier molecular flexibility index (Phi) is 6.23. The van der Waals surface area contributed by atoms with Crippen LogP contribution in [0.2, 0.25) is 0 Å². The number of halogens is 3. The summed E-state index contributed by atoms with van der Waals surface area (Å²) in [5, 5.41) is 12.1. The van der Waals surface area contributed by atoms with Gasteiger partial charge in [0, 0.05) is 11.6 Å². The van der Waals surface area contributed by atoms with Crippen molar-refractivity contribution in [1.82, 2.24) is 9.97 Å². The minimum atomic E-state index is -4.79. The molecule has 0 bridgehead atoms. The van der Waals surface area contributed by atoms with Crippen LogP contribution in [0.5, 0.6) is 11.8 Å². The van der Waals surface area contributed by atoms with E-state index in [0.29, 0.717) is 5.69 Å². The van der Waals surface area contributed by atoms with Gasteiger partial charge in [0.25, 0.3) is 0 Å². The second-order valence-corrected chi connectivity index (χ2v) is 5.66. The lowest BCUT2D eigenvalue weighted by molar-refractivity contribution is -0.143. The van der Waals surface area contributed by atoms with Crippen molar-refractivity contribution in [2.45, 2.75) is 25.9 Å². The average Bonchev–Trinajstić information content (AvgIpc) is 2.64. The van der Waals surface area contributed by atoms with Gasteiger partial charge < -0.3 is 14.8 Å². The lowest BCUT2D eigenvalue weighted by Gasteiger charge is -2.16. The van der Waals surface area contributed by atoms with Gasteiger partial charge >= 0.3 is 6.18 Å². The Hall–Kier alpha value is -3.28. The highest BCUT2D eigenvalue weighted by Crippen LogP contribution is 2.37. The average molecular weight is 378 g/mol. The van der Waals surface area contributed by atoms with E-state index in [0.717, 1.165) is 7.11 Å². The fraction of sp³-hybridized carbons (Fsp3) is 0.278. The Labute approximate surface area is 154 Å². The number of anilines is 1. The molecule has 1 N–H and O–H groups in total. The van der Waals surface area contributed by atoms with Gasteiger partial charge in [-0.05, 0) is 12.1 Å². The highest BCUT2D eigenvalue weighted by molar-refractivity contribution is 5.46. The number of para-hydroxylation sites is 1. The molecule has 0 saturated carbocycles. The summed E-state index contributed by atoms with van der Waals surface area (Å²) in [6.45, 7) is 3.42. The minimum absolute atomic E-state index is 0.140. The van der Waals surface area contributed by atoms with Gasteiger partial charge in [-0.2, -0.15) is 18.4 Å². The number of benzene rings is 1. The van der Waals surface area contributed by atoms with Crippen molar-refractivity contribution in [3.8, 4) is 17.8 Å². The number of nitrogens with zero attached hydrogens (tertiary/aromatic N) is 3. The first-order chi connectivity index (χ1) is 12.8. The summed E-state index contributed by atoms with van der Waals surface area (Å²) in [6, 6.07) is 10.7. The molecule has 1 heterocycles. The molecular formula is C18H17F3N4O2. The zero-order valence-corrected chi connectivity index (χ0v) is 14.8. The molecule has 0 aliphatic rings. The van der Waals surface area contributed by atoms with Gasteiger partial charge in [0.15, 0.2) is 0 Å². The van der Waals surface area contributed by atoms with Crippen molar-refractivity contribution in [2.24, 2.45) is 0 Å². The predicted molar refractivity (Wildman–Crippen MR) is 92.1 cm³/mol. The number of hydrogen-bond acceptors (Lipinski definition) is 6. The van der Waals surface area contributed by atoms with E-state index < -0.39 is 23.6 Å². The largest absolute Gasteiger partial charge is 0.479 e. The topological polar surface area (TPSA) is 80.1 Å². The van der Waals surface area contributed by atoms with Crippen LogP contribution < -0.4 is 14.8 Å². The molecule has 2 rings (SSSR count). The van der Waals surface area contributed by atoms with E-state index in [1.54, 1.807) is 44.2 Å². The number of rotatable bonds is 6. The van der Waals surface area contributed by atoms with Crippen LogP contribution in [0.1, 0.15) is 31.2 Å². The molecular weight excluding hydrogens is 361 g/mol. The molecule has 1 aromatic carbocycles. The molecule has 9 heteroatoms. The first-order valence-electron chi connectivity index (χ1n) is 7.89. The first-order valence-corrected chi connectivity index (χ1v) is 7.89. The lowest BCUT2D eigenvalue weighted by atomic mass is 10.1. The summed E-state index contributed by atoms with van der Waals surface area (Å²) in [5.74, 6) is -1.64. The van der Waals surface area contributed by atoms with Gasteiger partial charge in [-0.3, -0.25) is 0 Å². The van der Waals surface area contributed by atoms with Crippen molar-refractivity contribution in [2.75, 3.05) is 12.4 Å². The molecule has 2 aromatic rings. The highest BCUT2D eigenvalue weighted by Gasteiger charge is 2.39. The maximum atomic E-state index is 13.2. The minimum Gasteiger partial charge on any atom is -0.479 e. The van der Waals surface area contributed by atoms with Crippen molar-refractivity contribution in [3.05, 3.63) is 53.7 Å². The SMILES string of the molecule is COc1nc(C(C)C)c(O/C(C#N)=C/Nc2ccccc2)nc1C(F)(F)F. The number of allylic oxidation sites excluding steroid dienone is 1. The number of hydrogen-bond donors (Lipinski definition) is 1. The number of nitriles is 1. The number of aromatic nitrogens is 2. The summed E-state index contributed by atoms with van der Waals surface area (Å²) in [5.41, 5.74) is -0.506. The van der Waals surface area contributed by atoms with E-state index >= 15 is 0 Å². The quantitative estimate of drug-likeness (QED) is 0.590. The van der Waals surface area contributed by atoms with Crippen LogP contribution in [0, 0.1) is 11.3 Å².